The summed E-state index contributed by atoms with van der Waals surface area (Å²) in [6.07, 6.45) is 6.71. The molecule has 1 saturated heterocycles. The van der Waals surface area contributed by atoms with Gasteiger partial charge in [-0.3, -0.25) is 0 Å². The first-order chi connectivity index (χ1) is 8.24. The van der Waals surface area contributed by atoms with E-state index in [1.54, 1.807) is 0 Å². The summed E-state index contributed by atoms with van der Waals surface area (Å²) in [6, 6.07) is 0.663. The van der Waals surface area contributed by atoms with E-state index in [-0.39, 0.29) is 0 Å². The molecule has 1 aliphatic heterocycles. The highest BCUT2D eigenvalue weighted by atomic mass is 28.3. The lowest BCUT2D eigenvalue weighted by Crippen LogP contribution is -2.35. The maximum absolute atomic E-state index is 5.77. The van der Waals surface area contributed by atoms with Crippen LogP contribution in [0.4, 0.5) is 0 Å². The SMILES string of the molecule is CCO[SiH](C)OCCC(C)N1CCCCCC1. The standard InChI is InChI=1S/C13H29NO2Si/c1-4-15-17(3)16-12-9-13(2)14-10-7-5-6-8-11-14/h13,17H,4-12H2,1-3H3. The Morgan fingerprint density at radius 2 is 1.76 bits per heavy atom. The number of likely N-dealkylation sites (tertiary alicyclic amines) is 1. The summed E-state index contributed by atoms with van der Waals surface area (Å²) < 4.78 is 11.3. The predicted molar refractivity (Wildman–Crippen MR) is 74.7 cm³/mol. The highest BCUT2D eigenvalue weighted by Gasteiger charge is 2.15. The predicted octanol–water partition coefficient (Wildman–Crippen LogP) is 2.54. The van der Waals surface area contributed by atoms with Crippen LogP contribution < -0.4 is 0 Å². The smallest absolute Gasteiger partial charge is 0.318 e. The summed E-state index contributed by atoms with van der Waals surface area (Å²) in [7, 11) is -1.33. The summed E-state index contributed by atoms with van der Waals surface area (Å²) in [6.45, 7) is 10.7. The molecule has 1 rings (SSSR count). The quantitative estimate of drug-likeness (QED) is 0.656. The van der Waals surface area contributed by atoms with Crippen LogP contribution in [0, 0.1) is 0 Å². The maximum Gasteiger partial charge on any atom is 0.318 e. The van der Waals surface area contributed by atoms with Gasteiger partial charge in [-0.1, -0.05) is 12.8 Å². The van der Waals surface area contributed by atoms with Gasteiger partial charge in [0.05, 0.1) is 0 Å². The normalized spacial score (nSPS) is 22.1. The molecule has 102 valence electrons. The average Bonchev–Trinajstić information content (AvgIpc) is 2.57. The van der Waals surface area contributed by atoms with Crippen molar-refractivity contribution in [1.29, 1.82) is 0 Å². The van der Waals surface area contributed by atoms with Crippen molar-refractivity contribution in [2.45, 2.75) is 58.5 Å². The maximum atomic E-state index is 5.77. The molecular weight excluding hydrogens is 230 g/mol. The second-order valence-corrected chi connectivity index (χ2v) is 6.78. The van der Waals surface area contributed by atoms with Crippen LogP contribution in [0.15, 0.2) is 0 Å². The van der Waals surface area contributed by atoms with E-state index in [9.17, 15) is 0 Å². The second-order valence-electron chi connectivity index (χ2n) is 4.98. The zero-order valence-corrected chi connectivity index (χ0v) is 12.9. The lowest BCUT2D eigenvalue weighted by Gasteiger charge is -2.27. The van der Waals surface area contributed by atoms with Crippen molar-refractivity contribution < 1.29 is 8.85 Å². The van der Waals surface area contributed by atoms with Gasteiger partial charge in [0.2, 0.25) is 0 Å². The molecule has 0 N–H and O–H groups in total. The Kier molecular flexibility index (Phi) is 8.10. The lowest BCUT2D eigenvalue weighted by molar-refractivity contribution is 0.158. The third-order valence-corrected chi connectivity index (χ3v) is 5.06. The summed E-state index contributed by atoms with van der Waals surface area (Å²) in [5, 5.41) is 0. The molecule has 0 spiro atoms. The van der Waals surface area contributed by atoms with Crippen LogP contribution in [0.1, 0.15) is 46.0 Å². The van der Waals surface area contributed by atoms with E-state index in [0.717, 1.165) is 19.6 Å². The molecule has 0 aromatic rings. The van der Waals surface area contributed by atoms with Gasteiger partial charge in [0.1, 0.15) is 0 Å². The minimum absolute atomic E-state index is 0.663. The fourth-order valence-corrected chi connectivity index (χ4v) is 3.44. The molecule has 1 heterocycles. The van der Waals surface area contributed by atoms with Gasteiger partial charge in [-0.25, -0.2) is 0 Å². The molecule has 0 saturated carbocycles. The van der Waals surface area contributed by atoms with Crippen LogP contribution in [-0.4, -0.2) is 46.5 Å². The molecule has 2 atom stereocenters. The molecule has 0 radical (unpaired) electrons. The molecule has 0 amide bonds. The van der Waals surface area contributed by atoms with Gasteiger partial charge in [0.25, 0.3) is 0 Å². The van der Waals surface area contributed by atoms with Crippen molar-refractivity contribution >= 4 is 9.28 Å². The van der Waals surface area contributed by atoms with Crippen molar-refractivity contribution in [2.24, 2.45) is 0 Å². The number of nitrogens with zero attached hydrogens (tertiary/aromatic N) is 1. The molecular formula is C13H29NO2Si. The third-order valence-electron chi connectivity index (χ3n) is 3.55. The molecule has 1 fully saturated rings. The average molecular weight is 259 g/mol. The number of rotatable bonds is 7. The Morgan fingerprint density at radius 1 is 1.12 bits per heavy atom. The monoisotopic (exact) mass is 259 g/mol. The van der Waals surface area contributed by atoms with E-state index in [0.29, 0.717) is 6.04 Å². The van der Waals surface area contributed by atoms with E-state index in [1.807, 2.05) is 6.92 Å². The summed E-state index contributed by atoms with van der Waals surface area (Å²) in [4.78, 5) is 2.63. The molecule has 2 unspecified atom stereocenters. The number of hydrogen-bond acceptors (Lipinski definition) is 3. The van der Waals surface area contributed by atoms with Crippen LogP contribution in [0.3, 0.4) is 0 Å². The van der Waals surface area contributed by atoms with E-state index < -0.39 is 9.28 Å². The summed E-state index contributed by atoms with van der Waals surface area (Å²) in [5.74, 6) is 0. The minimum atomic E-state index is -1.33. The Bertz CT molecular complexity index is 184. The third kappa shape index (κ3) is 6.55. The lowest BCUT2D eigenvalue weighted by atomic mass is 10.2. The van der Waals surface area contributed by atoms with Crippen LogP contribution in [-0.2, 0) is 8.85 Å². The zero-order chi connectivity index (χ0) is 12.5. The van der Waals surface area contributed by atoms with Crippen LogP contribution in [0.25, 0.3) is 0 Å². The first-order valence-corrected chi connectivity index (χ1v) is 9.31. The van der Waals surface area contributed by atoms with Gasteiger partial charge in [-0.15, -0.1) is 0 Å². The molecule has 0 aromatic carbocycles. The van der Waals surface area contributed by atoms with E-state index in [1.165, 1.54) is 38.8 Å². The first-order valence-electron chi connectivity index (χ1n) is 7.21. The second kappa shape index (κ2) is 9.08. The Balaban J connectivity index is 2.12. The number of hydrogen-bond donors (Lipinski definition) is 0. The molecule has 0 bridgehead atoms. The topological polar surface area (TPSA) is 21.7 Å². The van der Waals surface area contributed by atoms with Gasteiger partial charge in [-0.2, -0.15) is 0 Å². The van der Waals surface area contributed by atoms with Gasteiger partial charge in [-0.05, 0) is 52.7 Å². The molecule has 0 aromatic heterocycles. The van der Waals surface area contributed by atoms with Gasteiger partial charge in [0, 0.05) is 19.3 Å². The van der Waals surface area contributed by atoms with Crippen molar-refractivity contribution in [3.05, 3.63) is 0 Å². The molecule has 17 heavy (non-hydrogen) atoms. The fraction of sp³-hybridized carbons (Fsp3) is 1.00. The fourth-order valence-electron chi connectivity index (χ4n) is 2.41. The Hall–Kier alpha value is 0.0969. The molecule has 4 heteroatoms. The van der Waals surface area contributed by atoms with Crippen LogP contribution in [0.2, 0.25) is 6.55 Å². The van der Waals surface area contributed by atoms with Crippen molar-refractivity contribution in [2.75, 3.05) is 26.3 Å². The highest BCUT2D eigenvalue weighted by molar-refractivity contribution is 6.42. The molecule has 0 aliphatic carbocycles. The Labute approximate surface area is 108 Å². The van der Waals surface area contributed by atoms with E-state index >= 15 is 0 Å². The highest BCUT2D eigenvalue weighted by Crippen LogP contribution is 2.14. The minimum Gasteiger partial charge on any atom is -0.397 e. The van der Waals surface area contributed by atoms with E-state index in [4.69, 9.17) is 8.85 Å². The van der Waals surface area contributed by atoms with Crippen LogP contribution >= 0.6 is 0 Å². The van der Waals surface area contributed by atoms with Crippen molar-refractivity contribution in [1.82, 2.24) is 4.90 Å². The van der Waals surface area contributed by atoms with E-state index in [2.05, 4.69) is 18.4 Å². The van der Waals surface area contributed by atoms with Gasteiger partial charge >= 0.3 is 9.28 Å². The largest absolute Gasteiger partial charge is 0.397 e. The first kappa shape index (κ1) is 15.2. The van der Waals surface area contributed by atoms with Gasteiger partial charge < -0.3 is 13.8 Å². The van der Waals surface area contributed by atoms with Crippen LogP contribution in [0.5, 0.6) is 0 Å². The van der Waals surface area contributed by atoms with Gasteiger partial charge in [0.15, 0.2) is 0 Å². The summed E-state index contributed by atoms with van der Waals surface area (Å²) >= 11 is 0. The van der Waals surface area contributed by atoms with Crippen molar-refractivity contribution in [3.8, 4) is 0 Å². The molecule has 3 nitrogen and oxygen atoms in total. The Morgan fingerprint density at radius 3 is 2.35 bits per heavy atom. The summed E-state index contributed by atoms with van der Waals surface area (Å²) in [5.41, 5.74) is 0. The molecule has 1 aliphatic rings. The van der Waals surface area contributed by atoms with Crippen molar-refractivity contribution in [3.63, 3.8) is 0 Å². The zero-order valence-electron chi connectivity index (χ0n) is 11.8.